The predicted octanol–water partition coefficient (Wildman–Crippen LogP) is 10.9. The summed E-state index contributed by atoms with van der Waals surface area (Å²) in [6, 6.07) is 51.4. The molecule has 218 valence electrons. The number of fused-ring (bicyclic) bond motifs is 11. The third kappa shape index (κ3) is 3.92. The van der Waals surface area contributed by atoms with E-state index in [1.807, 2.05) is 12.4 Å². The SMILES string of the molecule is c1ccc2c(c1)ccc1ccc(-c3ccc(-c4cnc(-n5c6ccccc6c6c7ccccc7c7ccccc7c65)nc4)cc3)nc12. The highest BCUT2D eigenvalue weighted by Crippen LogP contribution is 2.41. The minimum Gasteiger partial charge on any atom is -0.277 e. The van der Waals surface area contributed by atoms with Crippen LogP contribution < -0.4 is 0 Å². The molecule has 0 spiro atoms. The number of pyridine rings is 1. The van der Waals surface area contributed by atoms with Crippen molar-refractivity contribution in [2.75, 3.05) is 0 Å². The monoisotopic (exact) mass is 598 g/mol. The second-order valence-corrected chi connectivity index (χ2v) is 12.1. The Balaban J connectivity index is 1.07. The first-order chi connectivity index (χ1) is 23.3. The third-order valence-corrected chi connectivity index (χ3v) is 9.48. The molecule has 0 bridgehead atoms. The van der Waals surface area contributed by atoms with Crippen molar-refractivity contribution in [3.8, 4) is 28.3 Å². The van der Waals surface area contributed by atoms with Gasteiger partial charge in [-0.2, -0.15) is 0 Å². The Bertz CT molecular complexity index is 2830. The van der Waals surface area contributed by atoms with Crippen molar-refractivity contribution >= 4 is 65.0 Å². The second-order valence-electron chi connectivity index (χ2n) is 12.1. The number of hydrogen-bond donors (Lipinski definition) is 0. The maximum absolute atomic E-state index is 5.08. The molecule has 0 aliphatic heterocycles. The summed E-state index contributed by atoms with van der Waals surface area (Å²) in [6.45, 7) is 0. The van der Waals surface area contributed by atoms with Crippen LogP contribution in [-0.4, -0.2) is 19.5 Å². The number of nitrogens with zero attached hydrogens (tertiary/aromatic N) is 4. The van der Waals surface area contributed by atoms with Crippen LogP contribution in [0.15, 0.2) is 158 Å². The summed E-state index contributed by atoms with van der Waals surface area (Å²) >= 11 is 0. The van der Waals surface area contributed by atoms with Gasteiger partial charge >= 0.3 is 0 Å². The highest BCUT2D eigenvalue weighted by Gasteiger charge is 2.19. The first-order valence-electron chi connectivity index (χ1n) is 15.9. The molecule has 47 heavy (non-hydrogen) atoms. The van der Waals surface area contributed by atoms with E-state index in [1.54, 1.807) is 0 Å². The van der Waals surface area contributed by atoms with Crippen molar-refractivity contribution in [2.45, 2.75) is 0 Å². The van der Waals surface area contributed by atoms with Crippen molar-refractivity contribution < 1.29 is 0 Å². The molecule has 0 unspecified atom stereocenters. The van der Waals surface area contributed by atoms with Crippen LogP contribution in [0.3, 0.4) is 0 Å². The zero-order chi connectivity index (χ0) is 30.9. The van der Waals surface area contributed by atoms with Gasteiger partial charge in [0.1, 0.15) is 0 Å². The van der Waals surface area contributed by atoms with E-state index < -0.39 is 0 Å². The third-order valence-electron chi connectivity index (χ3n) is 9.48. The Labute approximate surface area is 270 Å². The molecule has 0 saturated carbocycles. The van der Waals surface area contributed by atoms with E-state index in [4.69, 9.17) is 15.0 Å². The van der Waals surface area contributed by atoms with E-state index >= 15 is 0 Å². The lowest BCUT2D eigenvalue weighted by molar-refractivity contribution is 0.992. The Morgan fingerprint density at radius 3 is 1.77 bits per heavy atom. The first-order valence-corrected chi connectivity index (χ1v) is 15.9. The lowest BCUT2D eigenvalue weighted by atomic mass is 9.97. The summed E-state index contributed by atoms with van der Waals surface area (Å²) in [5.41, 5.74) is 7.31. The Morgan fingerprint density at radius 1 is 0.404 bits per heavy atom. The quantitative estimate of drug-likeness (QED) is 0.190. The minimum atomic E-state index is 0.657. The molecule has 0 fully saturated rings. The van der Waals surface area contributed by atoms with Gasteiger partial charge in [-0.25, -0.2) is 15.0 Å². The Morgan fingerprint density at radius 2 is 0.979 bits per heavy atom. The fourth-order valence-electron chi connectivity index (χ4n) is 7.27. The molecule has 0 atom stereocenters. The minimum absolute atomic E-state index is 0.657. The van der Waals surface area contributed by atoms with Gasteiger partial charge in [-0.15, -0.1) is 0 Å². The van der Waals surface area contributed by atoms with Crippen molar-refractivity contribution in [3.05, 3.63) is 158 Å². The van der Waals surface area contributed by atoms with E-state index in [9.17, 15) is 0 Å². The Kier molecular flexibility index (Phi) is 5.54. The molecule has 0 aliphatic rings. The molecule has 0 aliphatic carbocycles. The summed E-state index contributed by atoms with van der Waals surface area (Å²) in [4.78, 5) is 15.0. The lowest BCUT2D eigenvalue weighted by Gasteiger charge is -2.11. The summed E-state index contributed by atoms with van der Waals surface area (Å²) < 4.78 is 2.22. The molecule has 0 N–H and O–H groups in total. The fraction of sp³-hybridized carbons (Fsp3) is 0. The van der Waals surface area contributed by atoms with E-state index in [1.165, 1.54) is 43.1 Å². The molecule has 3 aromatic heterocycles. The van der Waals surface area contributed by atoms with Crippen LogP contribution in [0.5, 0.6) is 0 Å². The van der Waals surface area contributed by atoms with Gasteiger partial charge in [0, 0.05) is 50.5 Å². The lowest BCUT2D eigenvalue weighted by Crippen LogP contribution is -2.01. The normalized spacial score (nSPS) is 11.8. The summed E-state index contributed by atoms with van der Waals surface area (Å²) in [7, 11) is 0. The van der Waals surface area contributed by atoms with Gasteiger partial charge in [0.2, 0.25) is 5.95 Å². The summed E-state index contributed by atoms with van der Waals surface area (Å²) in [6.07, 6.45) is 3.86. The molecule has 4 heteroatoms. The highest BCUT2D eigenvalue weighted by atomic mass is 15.1. The van der Waals surface area contributed by atoms with Crippen LogP contribution in [0.25, 0.3) is 93.4 Å². The maximum atomic E-state index is 5.08. The number of rotatable bonds is 3. The summed E-state index contributed by atoms with van der Waals surface area (Å²) in [5.74, 6) is 0.657. The van der Waals surface area contributed by atoms with Gasteiger partial charge in [-0.1, -0.05) is 133 Å². The van der Waals surface area contributed by atoms with Crippen LogP contribution in [-0.2, 0) is 0 Å². The van der Waals surface area contributed by atoms with Gasteiger partial charge in [0.25, 0.3) is 0 Å². The number of hydrogen-bond acceptors (Lipinski definition) is 3. The van der Waals surface area contributed by atoms with Crippen molar-refractivity contribution in [3.63, 3.8) is 0 Å². The molecule has 10 rings (SSSR count). The van der Waals surface area contributed by atoms with Crippen molar-refractivity contribution in [2.24, 2.45) is 0 Å². The maximum Gasteiger partial charge on any atom is 0.234 e. The van der Waals surface area contributed by atoms with Crippen LogP contribution in [0, 0.1) is 0 Å². The van der Waals surface area contributed by atoms with Crippen LogP contribution >= 0.6 is 0 Å². The van der Waals surface area contributed by atoms with Gasteiger partial charge in [0.05, 0.1) is 22.2 Å². The van der Waals surface area contributed by atoms with Crippen LogP contribution in [0.4, 0.5) is 0 Å². The van der Waals surface area contributed by atoms with E-state index in [0.717, 1.165) is 44.3 Å². The molecular weight excluding hydrogens is 573 g/mol. The number of para-hydroxylation sites is 1. The van der Waals surface area contributed by atoms with Crippen molar-refractivity contribution in [1.82, 2.24) is 19.5 Å². The van der Waals surface area contributed by atoms with Crippen molar-refractivity contribution in [1.29, 1.82) is 0 Å². The molecule has 0 amide bonds. The Hall–Kier alpha value is -6.39. The largest absolute Gasteiger partial charge is 0.277 e. The number of benzene rings is 7. The number of aromatic nitrogens is 4. The topological polar surface area (TPSA) is 43.6 Å². The highest BCUT2D eigenvalue weighted by molar-refractivity contribution is 6.32. The fourth-order valence-corrected chi connectivity index (χ4v) is 7.27. The molecule has 4 nitrogen and oxygen atoms in total. The molecule has 7 aromatic carbocycles. The van der Waals surface area contributed by atoms with Crippen LogP contribution in [0.1, 0.15) is 0 Å². The zero-order valence-corrected chi connectivity index (χ0v) is 25.3. The molecule has 3 heterocycles. The van der Waals surface area contributed by atoms with Gasteiger partial charge in [-0.3, -0.25) is 4.57 Å². The molecule has 0 radical (unpaired) electrons. The first kappa shape index (κ1) is 25.9. The van der Waals surface area contributed by atoms with E-state index in [2.05, 4.69) is 150 Å². The second kappa shape index (κ2) is 10.1. The van der Waals surface area contributed by atoms with Crippen LogP contribution in [0.2, 0.25) is 0 Å². The molecule has 10 aromatic rings. The van der Waals surface area contributed by atoms with E-state index in [-0.39, 0.29) is 0 Å². The van der Waals surface area contributed by atoms with Gasteiger partial charge in [0.15, 0.2) is 0 Å². The summed E-state index contributed by atoms with van der Waals surface area (Å²) in [5, 5.41) is 10.9. The van der Waals surface area contributed by atoms with Gasteiger partial charge in [-0.05, 0) is 39.2 Å². The van der Waals surface area contributed by atoms with Gasteiger partial charge < -0.3 is 0 Å². The average molecular weight is 599 g/mol. The standard InChI is InChI=1S/C43H26N4/c1-2-10-32-28(9-1)19-22-30-23-24-38(46-41(30)32)29-20-17-27(18-21-29)31-25-44-43(45-26-31)47-39-16-8-7-15-37(39)40-35-13-5-3-11-33(35)34-12-4-6-14-36(34)42(40)47/h1-26H. The predicted molar refractivity (Wildman–Crippen MR) is 195 cm³/mol. The zero-order valence-electron chi connectivity index (χ0n) is 25.3. The smallest absolute Gasteiger partial charge is 0.234 e. The molecular formula is C43H26N4. The molecule has 0 saturated heterocycles. The van der Waals surface area contributed by atoms with E-state index in [0.29, 0.717) is 5.95 Å². The average Bonchev–Trinajstić information content (AvgIpc) is 3.51.